The number of carbonyl (C=O) groups is 2. The van der Waals surface area contributed by atoms with Crippen molar-refractivity contribution < 1.29 is 9.59 Å². The average molecular weight is 354 g/mol. The van der Waals surface area contributed by atoms with Gasteiger partial charge in [0.1, 0.15) is 0 Å². The molecule has 1 fully saturated rings. The molecule has 3 rings (SSSR count). The summed E-state index contributed by atoms with van der Waals surface area (Å²) in [4.78, 5) is 23.5. The quantitative estimate of drug-likeness (QED) is 0.794. The average Bonchev–Trinajstić information content (AvgIpc) is 2.98. The molecule has 0 spiro atoms. The highest BCUT2D eigenvalue weighted by Crippen LogP contribution is 2.30. The molecular weight excluding hydrogens is 332 g/mol. The van der Waals surface area contributed by atoms with Crippen LogP contribution in [0.2, 0.25) is 0 Å². The van der Waals surface area contributed by atoms with Gasteiger partial charge in [0.2, 0.25) is 0 Å². The fraction of sp³-hybridized carbons (Fsp3) is 0.300. The number of aromatic nitrogens is 1. The normalized spacial score (nSPS) is 16.6. The Morgan fingerprint density at radius 3 is 2.24 bits per heavy atom. The molecule has 1 N–H and O–H groups in total. The third kappa shape index (κ3) is 3.42. The van der Waals surface area contributed by atoms with Gasteiger partial charge in [0.05, 0.1) is 4.91 Å². The van der Waals surface area contributed by atoms with Crippen molar-refractivity contribution in [2.24, 2.45) is 0 Å². The molecule has 1 aromatic heterocycles. The molecule has 0 aliphatic carbocycles. The van der Waals surface area contributed by atoms with Crippen LogP contribution in [0.15, 0.2) is 35.2 Å². The summed E-state index contributed by atoms with van der Waals surface area (Å²) in [6.45, 7) is 10.7. The third-order valence-electron chi connectivity index (χ3n) is 4.39. The van der Waals surface area contributed by atoms with E-state index in [1.807, 2.05) is 19.9 Å². The van der Waals surface area contributed by atoms with E-state index in [1.165, 1.54) is 5.56 Å². The molecule has 0 radical (unpaired) electrons. The number of hydrogen-bond acceptors (Lipinski definition) is 3. The van der Waals surface area contributed by atoms with E-state index >= 15 is 0 Å². The van der Waals surface area contributed by atoms with E-state index in [9.17, 15) is 9.59 Å². The molecule has 25 heavy (non-hydrogen) atoms. The molecule has 4 nitrogen and oxygen atoms in total. The van der Waals surface area contributed by atoms with Crippen LogP contribution in [0.4, 0.5) is 4.79 Å². The molecule has 1 aliphatic heterocycles. The van der Waals surface area contributed by atoms with Crippen molar-refractivity contribution in [3.63, 3.8) is 0 Å². The molecule has 0 bridgehead atoms. The Hall–Kier alpha value is -2.27. The summed E-state index contributed by atoms with van der Waals surface area (Å²) < 4.78 is 2.16. The number of carbonyl (C=O) groups excluding carboxylic acids is 2. The van der Waals surface area contributed by atoms with E-state index in [1.54, 1.807) is 6.08 Å². The Balaban J connectivity index is 1.99. The van der Waals surface area contributed by atoms with Crippen LogP contribution in [0.5, 0.6) is 0 Å². The smallest absolute Gasteiger partial charge is 0.290 e. The van der Waals surface area contributed by atoms with Crippen LogP contribution in [0.3, 0.4) is 0 Å². The lowest BCUT2D eigenvalue weighted by Gasteiger charge is -2.20. The molecule has 1 aliphatic rings. The number of rotatable bonds is 2. The predicted molar refractivity (Wildman–Crippen MR) is 103 cm³/mol. The number of benzene rings is 1. The van der Waals surface area contributed by atoms with E-state index in [0.29, 0.717) is 4.91 Å². The van der Waals surface area contributed by atoms with Gasteiger partial charge in [-0.2, -0.15) is 0 Å². The van der Waals surface area contributed by atoms with Gasteiger partial charge in [0.15, 0.2) is 0 Å². The van der Waals surface area contributed by atoms with Crippen molar-refractivity contribution in [2.75, 3.05) is 0 Å². The van der Waals surface area contributed by atoms with Gasteiger partial charge in [-0.1, -0.05) is 32.9 Å². The lowest BCUT2D eigenvalue weighted by atomic mass is 9.87. The van der Waals surface area contributed by atoms with E-state index in [-0.39, 0.29) is 16.6 Å². The maximum absolute atomic E-state index is 11.8. The minimum absolute atomic E-state index is 0.120. The van der Waals surface area contributed by atoms with Crippen molar-refractivity contribution in [1.29, 1.82) is 0 Å². The van der Waals surface area contributed by atoms with E-state index in [2.05, 4.69) is 54.9 Å². The topological polar surface area (TPSA) is 51.1 Å². The summed E-state index contributed by atoms with van der Waals surface area (Å²) in [6.07, 6.45) is 1.78. The maximum Gasteiger partial charge on any atom is 0.290 e. The fourth-order valence-electron chi connectivity index (χ4n) is 3.00. The number of hydrogen-bond donors (Lipinski definition) is 1. The monoisotopic (exact) mass is 354 g/mol. The first kappa shape index (κ1) is 17.5. The fourth-order valence-corrected chi connectivity index (χ4v) is 3.68. The highest BCUT2D eigenvalue weighted by Gasteiger charge is 2.25. The lowest BCUT2D eigenvalue weighted by Crippen LogP contribution is -2.17. The maximum atomic E-state index is 11.8. The summed E-state index contributed by atoms with van der Waals surface area (Å²) in [5.74, 6) is -0.325. The Morgan fingerprint density at radius 1 is 1.08 bits per heavy atom. The summed E-state index contributed by atoms with van der Waals surface area (Å²) in [7, 11) is 0. The van der Waals surface area contributed by atoms with Gasteiger partial charge in [-0.25, -0.2) is 0 Å². The summed E-state index contributed by atoms with van der Waals surface area (Å²) in [5.41, 5.74) is 5.58. The number of nitrogens with one attached hydrogen (secondary N) is 1. The number of aryl methyl sites for hydroxylation is 1. The molecule has 0 atom stereocenters. The van der Waals surface area contributed by atoms with Gasteiger partial charge >= 0.3 is 0 Å². The molecule has 0 unspecified atom stereocenters. The van der Waals surface area contributed by atoms with Gasteiger partial charge in [-0.05, 0) is 66.4 Å². The minimum Gasteiger partial charge on any atom is -0.318 e. The van der Waals surface area contributed by atoms with Crippen molar-refractivity contribution in [3.8, 4) is 5.69 Å². The first-order valence-electron chi connectivity index (χ1n) is 8.21. The predicted octanol–water partition coefficient (Wildman–Crippen LogP) is 4.72. The van der Waals surface area contributed by atoms with E-state index in [4.69, 9.17) is 0 Å². The van der Waals surface area contributed by atoms with Crippen LogP contribution in [-0.4, -0.2) is 15.7 Å². The summed E-state index contributed by atoms with van der Waals surface area (Å²) in [5, 5.41) is 1.97. The van der Waals surface area contributed by atoms with Crippen molar-refractivity contribution >= 4 is 29.0 Å². The van der Waals surface area contributed by atoms with Crippen molar-refractivity contribution in [1.82, 2.24) is 9.88 Å². The number of imide groups is 1. The zero-order valence-corrected chi connectivity index (χ0v) is 16.0. The third-order valence-corrected chi connectivity index (χ3v) is 5.20. The van der Waals surface area contributed by atoms with Crippen LogP contribution < -0.4 is 5.32 Å². The van der Waals surface area contributed by atoms with Crippen LogP contribution in [-0.2, 0) is 10.2 Å². The molecule has 2 amide bonds. The Labute approximate surface area is 152 Å². The number of amides is 2. The highest BCUT2D eigenvalue weighted by atomic mass is 32.2. The summed E-state index contributed by atoms with van der Waals surface area (Å²) >= 11 is 0.945. The van der Waals surface area contributed by atoms with Crippen LogP contribution >= 0.6 is 11.8 Å². The van der Waals surface area contributed by atoms with Gasteiger partial charge < -0.3 is 4.57 Å². The van der Waals surface area contributed by atoms with E-state index in [0.717, 1.165) is 34.4 Å². The second kappa shape index (κ2) is 6.23. The SMILES string of the molecule is Cc1cc(/C=C2/SC(=O)NC2=O)c(C)n1-c1ccc(C(C)(C)C)cc1. The Morgan fingerprint density at radius 2 is 1.72 bits per heavy atom. The zero-order valence-electron chi connectivity index (χ0n) is 15.1. The van der Waals surface area contributed by atoms with Crippen molar-refractivity contribution in [2.45, 2.75) is 40.0 Å². The van der Waals surface area contributed by atoms with E-state index < -0.39 is 0 Å². The largest absolute Gasteiger partial charge is 0.318 e. The standard InChI is InChI=1S/C20H22N2O2S/c1-12-10-14(11-17-18(23)21-19(24)25-17)13(2)22(12)16-8-6-15(7-9-16)20(3,4)5/h6-11H,1-5H3,(H,21,23,24)/b17-11+. The zero-order chi connectivity index (χ0) is 18.4. The van der Waals surface area contributed by atoms with Crippen LogP contribution in [0, 0.1) is 13.8 Å². The molecule has 1 aromatic carbocycles. The molecule has 130 valence electrons. The molecule has 0 saturated carbocycles. The van der Waals surface area contributed by atoms with Gasteiger partial charge in [0, 0.05) is 17.1 Å². The first-order valence-corrected chi connectivity index (χ1v) is 9.03. The second-order valence-electron chi connectivity index (χ2n) is 7.31. The summed E-state index contributed by atoms with van der Waals surface area (Å²) in [6, 6.07) is 10.6. The van der Waals surface area contributed by atoms with Gasteiger partial charge in [0.25, 0.3) is 11.1 Å². The molecule has 5 heteroatoms. The molecular formula is C20H22N2O2S. The van der Waals surface area contributed by atoms with Gasteiger partial charge in [-0.15, -0.1) is 0 Å². The van der Waals surface area contributed by atoms with Crippen molar-refractivity contribution in [3.05, 3.63) is 57.8 Å². The Kier molecular flexibility index (Phi) is 4.37. The number of thioether (sulfide) groups is 1. The Bertz CT molecular complexity index is 884. The highest BCUT2D eigenvalue weighted by molar-refractivity contribution is 8.18. The van der Waals surface area contributed by atoms with Crippen LogP contribution in [0.1, 0.15) is 43.3 Å². The first-order chi connectivity index (χ1) is 11.7. The lowest BCUT2D eigenvalue weighted by molar-refractivity contribution is -0.115. The van der Waals surface area contributed by atoms with Crippen LogP contribution in [0.25, 0.3) is 11.8 Å². The number of nitrogens with zero attached hydrogens (tertiary/aromatic N) is 1. The minimum atomic E-state index is -0.325. The molecule has 2 aromatic rings. The molecule has 2 heterocycles. The molecule has 1 saturated heterocycles. The second-order valence-corrected chi connectivity index (χ2v) is 8.33. The van der Waals surface area contributed by atoms with Gasteiger partial charge in [-0.3, -0.25) is 14.9 Å².